The summed E-state index contributed by atoms with van der Waals surface area (Å²) in [6.45, 7) is 6.89. The van der Waals surface area contributed by atoms with Crippen molar-refractivity contribution in [3.05, 3.63) is 29.8 Å². The number of nitrogens with one attached hydrogen (secondary N) is 1. The molecule has 0 spiro atoms. The lowest BCUT2D eigenvalue weighted by atomic mass is 9.75. The number of carbonyl (C=O) groups is 1. The molecule has 1 N–H and O–H groups in total. The molecule has 2 rings (SSSR count). The molecule has 1 unspecified atom stereocenters. The Balaban J connectivity index is 2.02. The van der Waals surface area contributed by atoms with Gasteiger partial charge < -0.3 is 10.1 Å². The van der Waals surface area contributed by atoms with Crippen molar-refractivity contribution in [2.75, 3.05) is 11.9 Å². The third kappa shape index (κ3) is 3.99. The summed E-state index contributed by atoms with van der Waals surface area (Å²) in [6.07, 6.45) is 4.94. The van der Waals surface area contributed by atoms with Gasteiger partial charge in [-0.05, 0) is 49.8 Å². The van der Waals surface area contributed by atoms with E-state index in [2.05, 4.69) is 19.2 Å². The average molecular weight is 275 g/mol. The van der Waals surface area contributed by atoms with Gasteiger partial charge in [-0.25, -0.2) is 4.79 Å². The SMILES string of the molecule is CCOC(=O)c1cccc(NC2CCCC(C)(C)C2)c1. The van der Waals surface area contributed by atoms with Crippen LogP contribution in [-0.4, -0.2) is 18.6 Å². The minimum absolute atomic E-state index is 0.250. The summed E-state index contributed by atoms with van der Waals surface area (Å²) < 4.78 is 5.04. The van der Waals surface area contributed by atoms with Crippen molar-refractivity contribution in [2.45, 2.75) is 52.5 Å². The summed E-state index contributed by atoms with van der Waals surface area (Å²) in [5.74, 6) is -0.250. The van der Waals surface area contributed by atoms with Crippen LogP contribution in [0.5, 0.6) is 0 Å². The number of rotatable bonds is 4. The first-order chi connectivity index (χ1) is 9.50. The summed E-state index contributed by atoms with van der Waals surface area (Å²) in [5, 5.41) is 3.57. The Morgan fingerprint density at radius 1 is 1.45 bits per heavy atom. The predicted molar refractivity (Wildman–Crippen MR) is 82.1 cm³/mol. The maximum atomic E-state index is 11.7. The lowest BCUT2D eigenvalue weighted by molar-refractivity contribution is 0.0526. The molecule has 110 valence electrons. The van der Waals surface area contributed by atoms with Crippen LogP contribution in [0.25, 0.3) is 0 Å². The first-order valence-corrected chi connectivity index (χ1v) is 7.54. The van der Waals surface area contributed by atoms with Crippen LogP contribution in [0.2, 0.25) is 0 Å². The third-order valence-electron chi connectivity index (χ3n) is 3.95. The number of hydrogen-bond donors (Lipinski definition) is 1. The van der Waals surface area contributed by atoms with Crippen LogP contribution >= 0.6 is 0 Å². The van der Waals surface area contributed by atoms with E-state index in [0.29, 0.717) is 23.6 Å². The minimum atomic E-state index is -0.250. The van der Waals surface area contributed by atoms with Crippen molar-refractivity contribution < 1.29 is 9.53 Å². The molecular formula is C17H25NO2. The molecule has 20 heavy (non-hydrogen) atoms. The molecule has 1 atom stereocenters. The number of anilines is 1. The molecule has 1 aromatic carbocycles. The summed E-state index contributed by atoms with van der Waals surface area (Å²) >= 11 is 0. The highest BCUT2D eigenvalue weighted by atomic mass is 16.5. The van der Waals surface area contributed by atoms with Crippen LogP contribution in [0.4, 0.5) is 5.69 Å². The second-order valence-electron chi connectivity index (χ2n) is 6.40. The minimum Gasteiger partial charge on any atom is -0.462 e. The van der Waals surface area contributed by atoms with Crippen molar-refractivity contribution in [1.29, 1.82) is 0 Å². The van der Waals surface area contributed by atoms with E-state index in [1.54, 1.807) is 6.07 Å². The van der Waals surface area contributed by atoms with E-state index < -0.39 is 0 Å². The van der Waals surface area contributed by atoms with E-state index in [1.807, 2.05) is 25.1 Å². The zero-order chi connectivity index (χ0) is 14.6. The molecule has 0 amide bonds. The van der Waals surface area contributed by atoms with Gasteiger partial charge in [0.1, 0.15) is 0 Å². The largest absolute Gasteiger partial charge is 0.462 e. The normalized spacial score (nSPS) is 21.2. The Bertz CT molecular complexity index is 468. The van der Waals surface area contributed by atoms with Crippen LogP contribution in [0.3, 0.4) is 0 Å². The molecule has 0 radical (unpaired) electrons. The van der Waals surface area contributed by atoms with E-state index in [0.717, 1.165) is 5.69 Å². The molecule has 0 aromatic heterocycles. The van der Waals surface area contributed by atoms with E-state index in [1.165, 1.54) is 25.7 Å². The molecule has 1 aromatic rings. The van der Waals surface area contributed by atoms with E-state index in [-0.39, 0.29) is 5.97 Å². The summed E-state index contributed by atoms with van der Waals surface area (Å²) in [6, 6.07) is 8.11. The molecule has 3 heteroatoms. The van der Waals surface area contributed by atoms with Crippen molar-refractivity contribution in [2.24, 2.45) is 5.41 Å². The van der Waals surface area contributed by atoms with Crippen LogP contribution in [0, 0.1) is 5.41 Å². The molecule has 3 nitrogen and oxygen atoms in total. The molecule has 0 saturated heterocycles. The maximum Gasteiger partial charge on any atom is 0.338 e. The zero-order valence-corrected chi connectivity index (χ0v) is 12.7. The Morgan fingerprint density at radius 2 is 2.25 bits per heavy atom. The van der Waals surface area contributed by atoms with Crippen molar-refractivity contribution in [3.8, 4) is 0 Å². The topological polar surface area (TPSA) is 38.3 Å². The van der Waals surface area contributed by atoms with Crippen LogP contribution in [0.15, 0.2) is 24.3 Å². The van der Waals surface area contributed by atoms with Gasteiger partial charge in [0.05, 0.1) is 12.2 Å². The predicted octanol–water partition coefficient (Wildman–Crippen LogP) is 4.24. The van der Waals surface area contributed by atoms with Crippen LogP contribution in [0.1, 0.15) is 56.8 Å². The molecule has 1 fully saturated rings. The summed E-state index contributed by atoms with van der Waals surface area (Å²) in [4.78, 5) is 11.7. The second-order valence-corrected chi connectivity index (χ2v) is 6.40. The van der Waals surface area contributed by atoms with Crippen LogP contribution in [-0.2, 0) is 4.74 Å². The highest BCUT2D eigenvalue weighted by Gasteiger charge is 2.27. The van der Waals surface area contributed by atoms with Crippen molar-refractivity contribution in [1.82, 2.24) is 0 Å². The molecular weight excluding hydrogens is 250 g/mol. The van der Waals surface area contributed by atoms with Gasteiger partial charge in [0.25, 0.3) is 0 Å². The van der Waals surface area contributed by atoms with Gasteiger partial charge in [-0.3, -0.25) is 0 Å². The van der Waals surface area contributed by atoms with Crippen LogP contribution < -0.4 is 5.32 Å². The van der Waals surface area contributed by atoms with Gasteiger partial charge in [-0.2, -0.15) is 0 Å². The molecule has 0 heterocycles. The monoisotopic (exact) mass is 275 g/mol. The van der Waals surface area contributed by atoms with Gasteiger partial charge >= 0.3 is 5.97 Å². The number of ether oxygens (including phenoxy) is 1. The van der Waals surface area contributed by atoms with E-state index >= 15 is 0 Å². The van der Waals surface area contributed by atoms with Gasteiger partial charge in [0.2, 0.25) is 0 Å². The van der Waals surface area contributed by atoms with E-state index in [4.69, 9.17) is 4.74 Å². The molecule has 0 bridgehead atoms. The lowest BCUT2D eigenvalue weighted by Gasteiger charge is -2.36. The smallest absolute Gasteiger partial charge is 0.338 e. The highest BCUT2D eigenvalue weighted by molar-refractivity contribution is 5.90. The average Bonchev–Trinajstić information content (AvgIpc) is 2.38. The Morgan fingerprint density at radius 3 is 2.95 bits per heavy atom. The van der Waals surface area contributed by atoms with Crippen molar-refractivity contribution >= 4 is 11.7 Å². The second kappa shape index (κ2) is 6.29. The van der Waals surface area contributed by atoms with Crippen molar-refractivity contribution in [3.63, 3.8) is 0 Å². The van der Waals surface area contributed by atoms with Gasteiger partial charge in [0.15, 0.2) is 0 Å². The van der Waals surface area contributed by atoms with Gasteiger partial charge in [-0.1, -0.05) is 26.3 Å². The quantitative estimate of drug-likeness (QED) is 0.835. The highest BCUT2D eigenvalue weighted by Crippen LogP contribution is 2.36. The zero-order valence-electron chi connectivity index (χ0n) is 12.7. The van der Waals surface area contributed by atoms with Gasteiger partial charge in [-0.15, -0.1) is 0 Å². The number of carbonyl (C=O) groups excluding carboxylic acids is 1. The molecule has 1 aliphatic carbocycles. The Labute approximate surface area is 121 Å². The third-order valence-corrected chi connectivity index (χ3v) is 3.95. The standard InChI is InChI=1S/C17H25NO2/c1-4-20-16(19)13-7-5-8-14(11-13)18-15-9-6-10-17(2,3)12-15/h5,7-8,11,15,18H,4,6,9-10,12H2,1-3H3. The fraction of sp³-hybridized carbons (Fsp3) is 0.588. The lowest BCUT2D eigenvalue weighted by Crippen LogP contribution is -2.31. The molecule has 1 aliphatic rings. The summed E-state index contributed by atoms with van der Waals surface area (Å²) in [7, 11) is 0. The maximum absolute atomic E-state index is 11.7. The fourth-order valence-electron chi connectivity index (χ4n) is 3.01. The molecule has 1 saturated carbocycles. The Hall–Kier alpha value is -1.51. The molecule has 0 aliphatic heterocycles. The number of benzene rings is 1. The number of esters is 1. The van der Waals surface area contributed by atoms with Gasteiger partial charge in [0, 0.05) is 11.7 Å². The number of hydrogen-bond acceptors (Lipinski definition) is 3. The first-order valence-electron chi connectivity index (χ1n) is 7.54. The first kappa shape index (κ1) is 14.9. The Kier molecular flexibility index (Phi) is 4.69. The van der Waals surface area contributed by atoms with E-state index in [9.17, 15) is 4.79 Å². The summed E-state index contributed by atoms with van der Waals surface area (Å²) in [5.41, 5.74) is 2.04. The fourth-order valence-corrected chi connectivity index (χ4v) is 3.01.